The molecule has 4 heteroatoms. The Morgan fingerprint density at radius 3 is 3.00 bits per heavy atom. The molecule has 0 spiro atoms. The van der Waals surface area contributed by atoms with E-state index in [1.165, 1.54) is 0 Å². The normalized spacial score (nSPS) is 15.7. The van der Waals surface area contributed by atoms with Crippen LogP contribution in [0.2, 0.25) is 0 Å². The van der Waals surface area contributed by atoms with E-state index in [9.17, 15) is 4.79 Å². The number of aliphatic hydroxyl groups excluding tert-OH is 1. The molecule has 0 atom stereocenters. The fraction of sp³-hybridized carbons (Fsp3) is 0.727. The molecule has 0 fully saturated rings. The van der Waals surface area contributed by atoms with Crippen LogP contribution in [0.15, 0.2) is 11.8 Å². The fourth-order valence-corrected chi connectivity index (χ4v) is 1.41. The summed E-state index contributed by atoms with van der Waals surface area (Å²) in [4.78, 5) is 13.1. The minimum atomic E-state index is -0.281. The van der Waals surface area contributed by atoms with E-state index in [0.717, 1.165) is 12.0 Å². The lowest BCUT2D eigenvalue weighted by Crippen LogP contribution is -2.25. The predicted octanol–water partition coefficient (Wildman–Crippen LogP) is 1.75. The van der Waals surface area contributed by atoms with Gasteiger partial charge in [-0.1, -0.05) is 13.8 Å². The Balaban J connectivity index is 2.35. The Morgan fingerprint density at radius 1 is 1.67 bits per heavy atom. The molecule has 1 N–H and O–H groups in total. The lowest BCUT2D eigenvalue weighted by Gasteiger charge is -2.14. The second-order valence-electron chi connectivity index (χ2n) is 4.18. The number of hydrogen-bond donors (Lipinski definition) is 1. The van der Waals surface area contributed by atoms with Gasteiger partial charge in [0.2, 0.25) is 0 Å². The van der Waals surface area contributed by atoms with Gasteiger partial charge in [0.15, 0.2) is 0 Å². The monoisotopic (exact) mass is 213 g/mol. The number of rotatable bonds is 4. The Morgan fingerprint density at radius 2 is 2.40 bits per heavy atom. The predicted molar refractivity (Wildman–Crippen MR) is 57.3 cm³/mol. The number of carbonyl (C=O) groups excluding carboxylic acids is 1. The van der Waals surface area contributed by atoms with Crippen LogP contribution in [0.1, 0.15) is 26.7 Å². The van der Waals surface area contributed by atoms with Crippen LogP contribution in [0, 0.1) is 5.92 Å². The average molecular weight is 213 g/mol. The van der Waals surface area contributed by atoms with Crippen molar-refractivity contribution in [1.82, 2.24) is 4.90 Å². The Labute approximate surface area is 90.5 Å². The smallest absolute Gasteiger partial charge is 0.413 e. The molecule has 0 aromatic carbocycles. The third kappa shape index (κ3) is 3.91. The summed E-state index contributed by atoms with van der Waals surface area (Å²) in [6.45, 7) is 5.28. The first-order valence-corrected chi connectivity index (χ1v) is 5.37. The number of amides is 1. The highest BCUT2D eigenvalue weighted by Crippen LogP contribution is 2.17. The third-order valence-corrected chi connectivity index (χ3v) is 2.22. The molecule has 4 nitrogen and oxygen atoms in total. The van der Waals surface area contributed by atoms with Crippen LogP contribution in [-0.4, -0.2) is 35.9 Å². The van der Waals surface area contributed by atoms with E-state index in [0.29, 0.717) is 25.5 Å². The Hall–Kier alpha value is -1.03. The molecule has 1 amide bonds. The van der Waals surface area contributed by atoms with E-state index in [2.05, 4.69) is 0 Å². The van der Waals surface area contributed by atoms with Gasteiger partial charge in [0.25, 0.3) is 0 Å². The van der Waals surface area contributed by atoms with Crippen molar-refractivity contribution in [2.45, 2.75) is 26.7 Å². The van der Waals surface area contributed by atoms with E-state index >= 15 is 0 Å². The third-order valence-electron chi connectivity index (χ3n) is 2.22. The zero-order valence-corrected chi connectivity index (χ0v) is 9.40. The summed E-state index contributed by atoms with van der Waals surface area (Å²) >= 11 is 0. The van der Waals surface area contributed by atoms with Gasteiger partial charge in [0.1, 0.15) is 0 Å². The molecular weight excluding hydrogens is 194 g/mol. The van der Waals surface area contributed by atoms with E-state index < -0.39 is 0 Å². The minimum Gasteiger partial charge on any atom is -0.449 e. The first kappa shape index (κ1) is 12.0. The van der Waals surface area contributed by atoms with Crippen LogP contribution in [-0.2, 0) is 4.74 Å². The van der Waals surface area contributed by atoms with Crippen molar-refractivity contribution in [2.24, 2.45) is 5.92 Å². The van der Waals surface area contributed by atoms with Crippen LogP contribution in [0.25, 0.3) is 0 Å². The van der Waals surface area contributed by atoms with Gasteiger partial charge in [-0.25, -0.2) is 4.79 Å². The maximum atomic E-state index is 11.5. The topological polar surface area (TPSA) is 49.8 Å². The summed E-state index contributed by atoms with van der Waals surface area (Å²) in [6, 6.07) is 0. The van der Waals surface area contributed by atoms with Crippen LogP contribution in [0.3, 0.4) is 0 Å². The highest BCUT2D eigenvalue weighted by Gasteiger charge is 2.19. The molecule has 0 unspecified atom stereocenters. The molecule has 0 radical (unpaired) electrons. The maximum Gasteiger partial charge on any atom is 0.413 e. The van der Waals surface area contributed by atoms with Gasteiger partial charge in [-0.2, -0.15) is 0 Å². The summed E-state index contributed by atoms with van der Waals surface area (Å²) in [6.07, 6.45) is 3.00. The fourth-order valence-electron chi connectivity index (χ4n) is 1.41. The molecule has 0 saturated carbocycles. The van der Waals surface area contributed by atoms with Gasteiger partial charge in [-0.05, 0) is 24.3 Å². The van der Waals surface area contributed by atoms with E-state index in [1.54, 1.807) is 11.1 Å². The molecular formula is C11H19NO3. The van der Waals surface area contributed by atoms with Crippen LogP contribution in [0.5, 0.6) is 0 Å². The van der Waals surface area contributed by atoms with Gasteiger partial charge < -0.3 is 9.84 Å². The summed E-state index contributed by atoms with van der Waals surface area (Å²) in [5, 5.41) is 8.75. The number of carbonyl (C=O) groups is 1. The quantitative estimate of drug-likeness (QED) is 0.774. The SMILES string of the molecule is CC(C)COC(=O)N1C=C(CCO)CC1. The molecule has 1 aliphatic heterocycles. The molecule has 0 bridgehead atoms. The molecule has 0 aromatic rings. The summed E-state index contributed by atoms with van der Waals surface area (Å²) in [5.74, 6) is 0.359. The first-order chi connectivity index (χ1) is 7.13. The van der Waals surface area contributed by atoms with Crippen molar-refractivity contribution >= 4 is 6.09 Å². The molecule has 86 valence electrons. The number of aliphatic hydroxyl groups is 1. The van der Waals surface area contributed by atoms with Crippen molar-refractivity contribution in [3.63, 3.8) is 0 Å². The van der Waals surface area contributed by atoms with Crippen molar-refractivity contribution in [1.29, 1.82) is 0 Å². The van der Waals surface area contributed by atoms with Gasteiger partial charge in [-0.3, -0.25) is 4.90 Å². The molecule has 1 aliphatic rings. The molecule has 1 heterocycles. The van der Waals surface area contributed by atoms with Gasteiger partial charge in [-0.15, -0.1) is 0 Å². The van der Waals surface area contributed by atoms with Crippen molar-refractivity contribution in [3.8, 4) is 0 Å². The van der Waals surface area contributed by atoms with Crippen molar-refractivity contribution in [2.75, 3.05) is 19.8 Å². The lowest BCUT2D eigenvalue weighted by atomic mass is 10.2. The average Bonchev–Trinajstić information content (AvgIpc) is 2.63. The van der Waals surface area contributed by atoms with Gasteiger partial charge in [0.05, 0.1) is 6.61 Å². The molecule has 0 aliphatic carbocycles. The number of hydrogen-bond acceptors (Lipinski definition) is 3. The molecule has 15 heavy (non-hydrogen) atoms. The highest BCUT2D eigenvalue weighted by atomic mass is 16.6. The van der Waals surface area contributed by atoms with Crippen LogP contribution >= 0.6 is 0 Å². The van der Waals surface area contributed by atoms with E-state index in [-0.39, 0.29) is 12.7 Å². The minimum absolute atomic E-state index is 0.140. The van der Waals surface area contributed by atoms with Crippen molar-refractivity contribution < 1.29 is 14.6 Å². The number of ether oxygens (including phenoxy) is 1. The second kappa shape index (κ2) is 5.75. The molecule has 0 saturated heterocycles. The standard InChI is InChI=1S/C11H19NO3/c1-9(2)8-15-11(14)12-5-3-10(7-12)4-6-13/h7,9,13H,3-6,8H2,1-2H3. The largest absolute Gasteiger partial charge is 0.449 e. The van der Waals surface area contributed by atoms with Gasteiger partial charge >= 0.3 is 6.09 Å². The Kier molecular flexibility index (Phi) is 4.62. The number of nitrogens with zero attached hydrogens (tertiary/aromatic N) is 1. The summed E-state index contributed by atoms with van der Waals surface area (Å²) < 4.78 is 5.09. The lowest BCUT2D eigenvalue weighted by molar-refractivity contribution is 0.108. The zero-order valence-electron chi connectivity index (χ0n) is 9.40. The molecule has 0 aromatic heterocycles. The second-order valence-corrected chi connectivity index (χ2v) is 4.18. The zero-order chi connectivity index (χ0) is 11.3. The van der Waals surface area contributed by atoms with Crippen molar-refractivity contribution in [3.05, 3.63) is 11.8 Å². The van der Waals surface area contributed by atoms with Gasteiger partial charge in [0, 0.05) is 19.4 Å². The highest BCUT2D eigenvalue weighted by molar-refractivity contribution is 5.69. The van der Waals surface area contributed by atoms with Crippen LogP contribution < -0.4 is 0 Å². The van der Waals surface area contributed by atoms with E-state index in [1.807, 2.05) is 13.8 Å². The first-order valence-electron chi connectivity index (χ1n) is 5.37. The maximum absolute atomic E-state index is 11.5. The van der Waals surface area contributed by atoms with Crippen LogP contribution in [0.4, 0.5) is 4.79 Å². The summed E-state index contributed by atoms with van der Waals surface area (Å²) in [7, 11) is 0. The Bertz CT molecular complexity index is 248. The van der Waals surface area contributed by atoms with E-state index in [4.69, 9.17) is 9.84 Å². The summed E-state index contributed by atoms with van der Waals surface area (Å²) in [5.41, 5.74) is 1.11. The molecule has 1 rings (SSSR count).